The second-order valence-corrected chi connectivity index (χ2v) is 8.01. The van der Waals surface area contributed by atoms with Gasteiger partial charge in [-0.2, -0.15) is 0 Å². The SMILES string of the molecule is CC(C)(C)C(=O)Nc1ccc(N2CCCS2(=O)=O)cc1. The van der Waals surface area contributed by atoms with Crippen molar-refractivity contribution < 1.29 is 13.2 Å². The van der Waals surface area contributed by atoms with E-state index in [4.69, 9.17) is 0 Å². The van der Waals surface area contributed by atoms with Crippen LogP contribution >= 0.6 is 0 Å². The van der Waals surface area contributed by atoms with Crippen LogP contribution in [0.4, 0.5) is 11.4 Å². The molecule has 110 valence electrons. The second-order valence-electron chi connectivity index (χ2n) is 5.99. The zero-order chi connectivity index (χ0) is 15.0. The Bertz CT molecular complexity index is 600. The molecule has 1 aliphatic rings. The molecule has 1 fully saturated rings. The summed E-state index contributed by atoms with van der Waals surface area (Å²) in [6, 6.07) is 6.90. The first kappa shape index (κ1) is 14.8. The van der Waals surface area contributed by atoms with Gasteiger partial charge in [-0.05, 0) is 30.7 Å². The molecule has 1 amide bonds. The number of nitrogens with zero attached hydrogens (tertiary/aromatic N) is 1. The predicted octanol–water partition coefficient (Wildman–Crippen LogP) is 2.21. The zero-order valence-corrected chi connectivity index (χ0v) is 12.8. The number of sulfonamides is 1. The first-order chi connectivity index (χ1) is 9.20. The fourth-order valence-electron chi connectivity index (χ4n) is 1.96. The van der Waals surface area contributed by atoms with Crippen LogP contribution in [0.5, 0.6) is 0 Å². The lowest BCUT2D eigenvalue weighted by Gasteiger charge is -2.19. The third kappa shape index (κ3) is 3.12. The van der Waals surface area contributed by atoms with Gasteiger partial charge >= 0.3 is 0 Å². The molecular weight excluding hydrogens is 276 g/mol. The van der Waals surface area contributed by atoms with Gasteiger partial charge in [0.25, 0.3) is 0 Å². The minimum Gasteiger partial charge on any atom is -0.326 e. The van der Waals surface area contributed by atoms with Crippen LogP contribution in [0, 0.1) is 5.41 Å². The molecule has 1 saturated heterocycles. The van der Waals surface area contributed by atoms with Gasteiger partial charge < -0.3 is 5.32 Å². The first-order valence-corrected chi connectivity index (χ1v) is 8.23. The van der Waals surface area contributed by atoms with Gasteiger partial charge in [-0.25, -0.2) is 8.42 Å². The Kier molecular flexibility index (Phi) is 3.77. The predicted molar refractivity (Wildman–Crippen MR) is 80.3 cm³/mol. The molecule has 1 aromatic carbocycles. The highest BCUT2D eigenvalue weighted by atomic mass is 32.2. The number of benzene rings is 1. The molecule has 0 aliphatic carbocycles. The average Bonchev–Trinajstić information content (AvgIpc) is 2.69. The zero-order valence-electron chi connectivity index (χ0n) is 12.0. The molecule has 20 heavy (non-hydrogen) atoms. The molecule has 6 heteroatoms. The Morgan fingerprint density at radius 1 is 1.20 bits per heavy atom. The monoisotopic (exact) mass is 296 g/mol. The number of amides is 1. The Morgan fingerprint density at radius 2 is 1.80 bits per heavy atom. The number of carbonyl (C=O) groups excluding carboxylic acids is 1. The van der Waals surface area contributed by atoms with Crippen molar-refractivity contribution in [1.29, 1.82) is 0 Å². The maximum atomic E-state index is 11.9. The fourth-order valence-corrected chi connectivity index (χ4v) is 3.52. The molecule has 2 rings (SSSR count). The standard InChI is InChI=1S/C14H20N2O3S/c1-14(2,3)13(17)15-11-5-7-12(8-6-11)16-9-4-10-20(16,18)19/h5-8H,4,9-10H2,1-3H3,(H,15,17). The van der Waals surface area contributed by atoms with Crippen LogP contribution in [0.1, 0.15) is 27.2 Å². The summed E-state index contributed by atoms with van der Waals surface area (Å²) < 4.78 is 25.0. The van der Waals surface area contributed by atoms with Gasteiger partial charge in [0, 0.05) is 17.6 Å². The van der Waals surface area contributed by atoms with Crippen molar-refractivity contribution in [3.63, 3.8) is 0 Å². The summed E-state index contributed by atoms with van der Waals surface area (Å²) in [7, 11) is -3.15. The van der Waals surface area contributed by atoms with Crippen LogP contribution in [0.2, 0.25) is 0 Å². The summed E-state index contributed by atoms with van der Waals surface area (Å²) >= 11 is 0. The van der Waals surface area contributed by atoms with Gasteiger partial charge in [0.15, 0.2) is 0 Å². The van der Waals surface area contributed by atoms with E-state index in [1.54, 1.807) is 24.3 Å². The van der Waals surface area contributed by atoms with Crippen molar-refractivity contribution in [2.24, 2.45) is 5.41 Å². The van der Waals surface area contributed by atoms with Crippen LogP contribution in [-0.2, 0) is 14.8 Å². The molecule has 0 radical (unpaired) electrons. The van der Waals surface area contributed by atoms with E-state index in [9.17, 15) is 13.2 Å². The fraction of sp³-hybridized carbons (Fsp3) is 0.500. The van der Waals surface area contributed by atoms with E-state index in [0.717, 1.165) is 0 Å². The number of carbonyl (C=O) groups is 1. The largest absolute Gasteiger partial charge is 0.326 e. The summed E-state index contributed by atoms with van der Waals surface area (Å²) in [5.41, 5.74) is 0.860. The smallest absolute Gasteiger partial charge is 0.235 e. The molecule has 0 spiro atoms. The van der Waals surface area contributed by atoms with Crippen LogP contribution in [0.25, 0.3) is 0 Å². The topological polar surface area (TPSA) is 66.5 Å². The van der Waals surface area contributed by atoms with Gasteiger partial charge in [0.1, 0.15) is 0 Å². The average molecular weight is 296 g/mol. The molecule has 5 nitrogen and oxygen atoms in total. The molecule has 0 unspecified atom stereocenters. The number of rotatable bonds is 2. The number of anilines is 2. The molecule has 0 aromatic heterocycles. The number of hydrogen-bond acceptors (Lipinski definition) is 3. The lowest BCUT2D eigenvalue weighted by atomic mass is 9.95. The number of nitrogens with one attached hydrogen (secondary N) is 1. The maximum absolute atomic E-state index is 11.9. The molecule has 1 N–H and O–H groups in total. The van der Waals surface area contributed by atoms with Crippen LogP contribution in [-0.4, -0.2) is 26.6 Å². The van der Waals surface area contributed by atoms with Gasteiger partial charge in [-0.1, -0.05) is 20.8 Å². The molecule has 1 aliphatic heterocycles. The summed E-state index contributed by atoms with van der Waals surface area (Å²) in [6.07, 6.45) is 0.658. The van der Waals surface area contributed by atoms with E-state index in [-0.39, 0.29) is 11.7 Å². The van der Waals surface area contributed by atoms with Gasteiger partial charge in [0.2, 0.25) is 15.9 Å². The highest BCUT2D eigenvalue weighted by Crippen LogP contribution is 2.26. The van der Waals surface area contributed by atoms with Crippen molar-refractivity contribution in [3.05, 3.63) is 24.3 Å². The van der Waals surface area contributed by atoms with Crippen molar-refractivity contribution in [2.75, 3.05) is 21.9 Å². The Hall–Kier alpha value is -1.56. The lowest BCUT2D eigenvalue weighted by molar-refractivity contribution is -0.123. The van der Waals surface area contributed by atoms with Crippen LogP contribution in [0.3, 0.4) is 0 Å². The van der Waals surface area contributed by atoms with Crippen molar-refractivity contribution >= 4 is 27.3 Å². The highest BCUT2D eigenvalue weighted by molar-refractivity contribution is 7.93. The summed E-state index contributed by atoms with van der Waals surface area (Å²) in [6.45, 7) is 6.05. The van der Waals surface area contributed by atoms with E-state index >= 15 is 0 Å². The highest BCUT2D eigenvalue weighted by Gasteiger charge is 2.28. The Morgan fingerprint density at radius 3 is 2.25 bits per heavy atom. The quantitative estimate of drug-likeness (QED) is 0.910. The minimum atomic E-state index is -3.15. The van der Waals surface area contributed by atoms with Gasteiger partial charge in [-0.3, -0.25) is 9.10 Å². The molecule has 1 heterocycles. The lowest BCUT2D eigenvalue weighted by Crippen LogP contribution is -2.27. The van der Waals surface area contributed by atoms with Gasteiger partial charge in [0.05, 0.1) is 11.4 Å². The summed E-state index contributed by atoms with van der Waals surface area (Å²) in [5.74, 6) is 0.134. The third-order valence-electron chi connectivity index (χ3n) is 3.19. The minimum absolute atomic E-state index is 0.0703. The van der Waals surface area contributed by atoms with Crippen molar-refractivity contribution in [3.8, 4) is 0 Å². The molecule has 0 saturated carbocycles. The molecular formula is C14H20N2O3S. The van der Waals surface area contributed by atoms with Crippen LogP contribution in [0.15, 0.2) is 24.3 Å². The maximum Gasteiger partial charge on any atom is 0.235 e. The Labute approximate surface area is 120 Å². The van der Waals surface area contributed by atoms with Gasteiger partial charge in [-0.15, -0.1) is 0 Å². The summed E-state index contributed by atoms with van der Waals surface area (Å²) in [4.78, 5) is 11.9. The summed E-state index contributed by atoms with van der Waals surface area (Å²) in [5, 5.41) is 2.81. The van der Waals surface area contributed by atoms with E-state index < -0.39 is 15.4 Å². The van der Waals surface area contributed by atoms with Crippen LogP contribution < -0.4 is 9.62 Å². The molecule has 0 bridgehead atoms. The Balaban J connectivity index is 2.13. The molecule has 1 aromatic rings. The van der Waals surface area contributed by atoms with Crippen molar-refractivity contribution in [1.82, 2.24) is 0 Å². The van der Waals surface area contributed by atoms with E-state index in [0.29, 0.717) is 24.3 Å². The van der Waals surface area contributed by atoms with E-state index in [1.807, 2.05) is 20.8 Å². The third-order valence-corrected chi connectivity index (χ3v) is 5.06. The number of hydrogen-bond donors (Lipinski definition) is 1. The van der Waals surface area contributed by atoms with E-state index in [1.165, 1.54) is 4.31 Å². The van der Waals surface area contributed by atoms with Crippen molar-refractivity contribution in [2.45, 2.75) is 27.2 Å². The van der Waals surface area contributed by atoms with E-state index in [2.05, 4.69) is 5.32 Å². The first-order valence-electron chi connectivity index (χ1n) is 6.62. The normalized spacial score (nSPS) is 18.1. The molecule has 0 atom stereocenters. The second kappa shape index (κ2) is 5.09.